The standard InChI is InChI=1S/C6H10NOPS2/c8-5(7-4-9)3-6-10-1-2-11-6/h3H,1-2,4,9H2,(H,7,8). The average molecular weight is 207 g/mol. The van der Waals surface area contributed by atoms with Gasteiger partial charge in [0.25, 0.3) is 0 Å². The molecular formula is C6H10NOPS2. The molecule has 0 aromatic heterocycles. The lowest BCUT2D eigenvalue weighted by Crippen LogP contribution is -2.18. The number of carbonyl (C=O) groups is 1. The molecule has 1 N–H and O–H groups in total. The van der Waals surface area contributed by atoms with E-state index in [9.17, 15) is 4.79 Å². The fourth-order valence-corrected chi connectivity index (χ4v) is 3.15. The molecule has 1 heterocycles. The maximum Gasteiger partial charge on any atom is 0.245 e. The van der Waals surface area contributed by atoms with Gasteiger partial charge in [0.15, 0.2) is 0 Å². The fourth-order valence-electron chi connectivity index (χ4n) is 0.668. The van der Waals surface area contributed by atoms with Gasteiger partial charge in [-0.25, -0.2) is 0 Å². The molecule has 2 nitrogen and oxygen atoms in total. The number of nitrogens with one attached hydrogen (secondary N) is 1. The maximum absolute atomic E-state index is 11.0. The van der Waals surface area contributed by atoms with Gasteiger partial charge in [-0.1, -0.05) is 0 Å². The van der Waals surface area contributed by atoms with Gasteiger partial charge in [-0.2, -0.15) is 0 Å². The highest BCUT2D eigenvalue weighted by Gasteiger charge is 2.08. The summed E-state index contributed by atoms with van der Waals surface area (Å²) in [5, 5.41) is 2.69. The Labute approximate surface area is 77.2 Å². The van der Waals surface area contributed by atoms with E-state index in [-0.39, 0.29) is 5.91 Å². The van der Waals surface area contributed by atoms with Crippen molar-refractivity contribution < 1.29 is 4.79 Å². The molecular weight excluding hydrogens is 197 g/mol. The lowest BCUT2D eigenvalue weighted by molar-refractivity contribution is -0.116. The normalized spacial score (nSPS) is 16.6. The van der Waals surface area contributed by atoms with Gasteiger partial charge in [0.2, 0.25) is 5.91 Å². The summed E-state index contributed by atoms with van der Waals surface area (Å²) < 4.78 is 1.14. The number of rotatable bonds is 2. The van der Waals surface area contributed by atoms with Crippen molar-refractivity contribution in [3.05, 3.63) is 10.3 Å². The molecule has 0 radical (unpaired) electrons. The SMILES string of the molecule is O=C(C=C1SCCS1)NCP. The highest BCUT2D eigenvalue weighted by Crippen LogP contribution is 2.35. The predicted molar refractivity (Wildman–Crippen MR) is 55.7 cm³/mol. The summed E-state index contributed by atoms with van der Waals surface area (Å²) in [5.74, 6) is 2.27. The topological polar surface area (TPSA) is 29.1 Å². The van der Waals surface area contributed by atoms with Crippen LogP contribution >= 0.6 is 32.8 Å². The molecule has 0 aromatic rings. The van der Waals surface area contributed by atoms with Gasteiger partial charge in [-0.3, -0.25) is 4.79 Å². The van der Waals surface area contributed by atoms with Crippen LogP contribution in [-0.2, 0) is 4.79 Å². The molecule has 0 aliphatic carbocycles. The summed E-state index contributed by atoms with van der Waals surface area (Å²) in [6, 6.07) is 0. The molecule has 11 heavy (non-hydrogen) atoms. The van der Waals surface area contributed by atoms with Crippen LogP contribution in [0.15, 0.2) is 10.3 Å². The van der Waals surface area contributed by atoms with E-state index in [0.717, 1.165) is 15.7 Å². The summed E-state index contributed by atoms with van der Waals surface area (Å²) in [6.45, 7) is 0. The lowest BCUT2D eigenvalue weighted by atomic mass is 10.6. The van der Waals surface area contributed by atoms with Crippen molar-refractivity contribution >= 4 is 38.7 Å². The first-order chi connectivity index (χ1) is 5.33. The molecule has 1 amide bonds. The molecule has 5 heteroatoms. The van der Waals surface area contributed by atoms with E-state index in [1.54, 1.807) is 29.6 Å². The van der Waals surface area contributed by atoms with Crippen LogP contribution in [0.25, 0.3) is 0 Å². The number of amides is 1. The van der Waals surface area contributed by atoms with Gasteiger partial charge in [-0.05, 0) is 0 Å². The van der Waals surface area contributed by atoms with Crippen molar-refractivity contribution in [3.8, 4) is 0 Å². The van der Waals surface area contributed by atoms with Crippen LogP contribution in [0.4, 0.5) is 0 Å². The summed E-state index contributed by atoms with van der Waals surface area (Å²) in [7, 11) is 2.46. The van der Waals surface area contributed by atoms with Crippen LogP contribution < -0.4 is 5.32 Å². The third-order valence-corrected chi connectivity index (χ3v) is 3.89. The minimum atomic E-state index is 0.0110. The van der Waals surface area contributed by atoms with E-state index < -0.39 is 0 Å². The smallest absolute Gasteiger partial charge is 0.245 e. The average Bonchev–Trinajstić information content (AvgIpc) is 2.40. The summed E-state index contributed by atoms with van der Waals surface area (Å²) in [4.78, 5) is 11.0. The summed E-state index contributed by atoms with van der Waals surface area (Å²) >= 11 is 3.51. The Hall–Kier alpha value is 0.340. The van der Waals surface area contributed by atoms with Gasteiger partial charge in [-0.15, -0.1) is 32.8 Å². The maximum atomic E-state index is 11.0. The molecule has 62 valence electrons. The van der Waals surface area contributed by atoms with Gasteiger partial charge < -0.3 is 5.32 Å². The second kappa shape index (κ2) is 5.07. The zero-order valence-electron chi connectivity index (χ0n) is 6.00. The van der Waals surface area contributed by atoms with Crippen LogP contribution in [0.1, 0.15) is 0 Å². The molecule has 0 bridgehead atoms. The quantitative estimate of drug-likeness (QED) is 0.546. The van der Waals surface area contributed by atoms with Crippen LogP contribution in [-0.4, -0.2) is 23.7 Å². The Balaban J connectivity index is 2.36. The van der Waals surface area contributed by atoms with Crippen molar-refractivity contribution in [2.45, 2.75) is 0 Å². The Morgan fingerprint density at radius 3 is 2.82 bits per heavy atom. The largest absolute Gasteiger partial charge is 0.349 e. The van der Waals surface area contributed by atoms with E-state index in [0.29, 0.717) is 6.29 Å². The molecule has 1 unspecified atom stereocenters. The minimum Gasteiger partial charge on any atom is -0.349 e. The highest BCUT2D eigenvalue weighted by atomic mass is 32.2. The monoisotopic (exact) mass is 207 g/mol. The van der Waals surface area contributed by atoms with E-state index in [4.69, 9.17) is 0 Å². The van der Waals surface area contributed by atoms with Crippen molar-refractivity contribution in [2.75, 3.05) is 17.8 Å². The summed E-state index contributed by atoms with van der Waals surface area (Å²) in [6.07, 6.45) is 2.30. The van der Waals surface area contributed by atoms with Gasteiger partial charge >= 0.3 is 0 Å². The van der Waals surface area contributed by atoms with Crippen molar-refractivity contribution in [2.24, 2.45) is 0 Å². The van der Waals surface area contributed by atoms with Crippen LogP contribution in [0.3, 0.4) is 0 Å². The molecule has 0 saturated carbocycles. The number of hydrogen-bond acceptors (Lipinski definition) is 3. The highest BCUT2D eigenvalue weighted by molar-refractivity contribution is 8.25. The van der Waals surface area contributed by atoms with Gasteiger partial charge in [0.1, 0.15) is 0 Å². The van der Waals surface area contributed by atoms with Crippen molar-refractivity contribution in [3.63, 3.8) is 0 Å². The van der Waals surface area contributed by atoms with E-state index in [1.165, 1.54) is 0 Å². The second-order valence-electron chi connectivity index (χ2n) is 1.91. The second-order valence-corrected chi connectivity index (χ2v) is 4.85. The molecule has 1 aliphatic rings. The Morgan fingerprint density at radius 2 is 2.27 bits per heavy atom. The van der Waals surface area contributed by atoms with E-state index in [1.807, 2.05) is 0 Å². The molecule has 0 aromatic carbocycles. The summed E-state index contributed by atoms with van der Waals surface area (Å²) in [5.41, 5.74) is 0. The van der Waals surface area contributed by atoms with Gasteiger partial charge in [0.05, 0.1) is 0 Å². The van der Waals surface area contributed by atoms with Crippen molar-refractivity contribution in [1.29, 1.82) is 0 Å². The van der Waals surface area contributed by atoms with E-state index in [2.05, 4.69) is 14.6 Å². The van der Waals surface area contributed by atoms with Crippen LogP contribution in [0, 0.1) is 0 Å². The fraction of sp³-hybridized carbons (Fsp3) is 0.500. The molecule has 1 atom stereocenters. The molecule has 1 rings (SSSR count). The first-order valence-electron chi connectivity index (χ1n) is 3.28. The zero-order chi connectivity index (χ0) is 8.10. The number of thioether (sulfide) groups is 2. The zero-order valence-corrected chi connectivity index (χ0v) is 8.79. The molecule has 1 saturated heterocycles. The van der Waals surface area contributed by atoms with Crippen LogP contribution in [0.5, 0.6) is 0 Å². The minimum absolute atomic E-state index is 0.0110. The first kappa shape index (κ1) is 9.43. The third kappa shape index (κ3) is 3.50. The predicted octanol–water partition coefficient (Wildman–Crippen LogP) is 1.26. The first-order valence-corrected chi connectivity index (χ1v) is 6.07. The molecule has 1 aliphatic heterocycles. The third-order valence-electron chi connectivity index (χ3n) is 1.10. The Bertz CT molecular complexity index is 175. The van der Waals surface area contributed by atoms with Crippen LogP contribution in [0.2, 0.25) is 0 Å². The van der Waals surface area contributed by atoms with Gasteiger partial charge in [0, 0.05) is 28.1 Å². The van der Waals surface area contributed by atoms with E-state index >= 15 is 0 Å². The molecule has 0 spiro atoms. The number of hydrogen-bond donors (Lipinski definition) is 1. The lowest BCUT2D eigenvalue weighted by Gasteiger charge is -1.96. The molecule has 1 fully saturated rings. The van der Waals surface area contributed by atoms with Crippen molar-refractivity contribution in [1.82, 2.24) is 5.32 Å². The Kier molecular flexibility index (Phi) is 4.34. The Morgan fingerprint density at radius 1 is 1.64 bits per heavy atom. The number of carbonyl (C=O) groups excluding carboxylic acids is 1.